The predicted octanol–water partition coefficient (Wildman–Crippen LogP) is 3.09. The molecule has 1 aromatic heterocycles. The van der Waals surface area contributed by atoms with Crippen molar-refractivity contribution in [3.8, 4) is 0 Å². The minimum absolute atomic E-state index is 0.232. The van der Waals surface area contributed by atoms with Crippen molar-refractivity contribution in [2.45, 2.75) is 19.8 Å². The minimum atomic E-state index is -0.281. The van der Waals surface area contributed by atoms with Gasteiger partial charge in [0, 0.05) is 12.0 Å². The maximum atomic E-state index is 12.8. The third-order valence-electron chi connectivity index (χ3n) is 1.86. The number of benzene rings is 1. The second kappa shape index (κ2) is 2.83. The lowest BCUT2D eigenvalue weighted by atomic mass is 10.2. The van der Waals surface area contributed by atoms with Crippen LogP contribution in [0.2, 0.25) is 0 Å². The molecule has 2 aromatic rings. The Kier molecular flexibility index (Phi) is 1.79. The van der Waals surface area contributed by atoms with Crippen LogP contribution in [0.25, 0.3) is 11.1 Å². The largest absolute Gasteiger partial charge is 0.440 e. The van der Waals surface area contributed by atoms with Gasteiger partial charge in [0.05, 0.1) is 0 Å². The van der Waals surface area contributed by atoms with Crippen LogP contribution in [0, 0.1) is 5.82 Å². The summed E-state index contributed by atoms with van der Waals surface area (Å²) in [6.07, 6.45) is 0. The Labute approximate surface area is 75.4 Å². The molecule has 0 bridgehead atoms. The molecule has 0 fully saturated rings. The highest BCUT2D eigenvalue weighted by Gasteiger charge is 2.08. The van der Waals surface area contributed by atoms with Gasteiger partial charge in [-0.25, -0.2) is 9.37 Å². The molecule has 2 nitrogen and oxygen atoms in total. The molecule has 0 N–H and O–H groups in total. The number of hydrogen-bond donors (Lipinski definition) is 0. The molecule has 0 aliphatic heterocycles. The van der Waals surface area contributed by atoms with E-state index >= 15 is 0 Å². The van der Waals surface area contributed by atoms with Crippen molar-refractivity contribution in [2.75, 3.05) is 0 Å². The van der Waals surface area contributed by atoms with Crippen molar-refractivity contribution in [2.24, 2.45) is 0 Å². The van der Waals surface area contributed by atoms with Gasteiger partial charge in [0.2, 0.25) is 0 Å². The van der Waals surface area contributed by atoms with Gasteiger partial charge in [-0.2, -0.15) is 0 Å². The molecule has 0 aliphatic rings. The lowest BCUT2D eigenvalue weighted by Crippen LogP contribution is -1.84. The van der Waals surface area contributed by atoms with Gasteiger partial charge < -0.3 is 4.42 Å². The second-order valence-corrected chi connectivity index (χ2v) is 3.32. The monoisotopic (exact) mass is 179 g/mol. The van der Waals surface area contributed by atoms with E-state index in [-0.39, 0.29) is 11.7 Å². The summed E-state index contributed by atoms with van der Waals surface area (Å²) in [6, 6.07) is 4.35. The van der Waals surface area contributed by atoms with Crippen molar-refractivity contribution in [3.63, 3.8) is 0 Å². The molecular formula is C10H10FNO. The van der Waals surface area contributed by atoms with Crippen LogP contribution in [0.5, 0.6) is 0 Å². The number of rotatable bonds is 1. The number of oxazole rings is 1. The molecule has 2 rings (SSSR count). The average Bonchev–Trinajstić information content (AvgIpc) is 2.46. The summed E-state index contributed by atoms with van der Waals surface area (Å²) in [5, 5.41) is 0. The summed E-state index contributed by atoms with van der Waals surface area (Å²) in [6.45, 7) is 3.97. The average molecular weight is 179 g/mol. The van der Waals surface area contributed by atoms with Gasteiger partial charge in [-0.3, -0.25) is 0 Å². The van der Waals surface area contributed by atoms with E-state index in [1.807, 2.05) is 13.8 Å². The van der Waals surface area contributed by atoms with Crippen molar-refractivity contribution in [1.82, 2.24) is 4.98 Å². The van der Waals surface area contributed by atoms with Gasteiger partial charge in [-0.05, 0) is 12.1 Å². The van der Waals surface area contributed by atoms with Crippen LogP contribution in [-0.4, -0.2) is 4.98 Å². The fourth-order valence-electron chi connectivity index (χ4n) is 1.17. The molecule has 0 aliphatic carbocycles. The number of halogens is 1. The van der Waals surface area contributed by atoms with E-state index in [1.54, 1.807) is 6.07 Å². The highest BCUT2D eigenvalue weighted by atomic mass is 19.1. The molecule has 0 unspecified atom stereocenters. The van der Waals surface area contributed by atoms with E-state index in [0.717, 1.165) is 0 Å². The minimum Gasteiger partial charge on any atom is -0.440 e. The third-order valence-corrected chi connectivity index (χ3v) is 1.86. The number of nitrogens with zero attached hydrogens (tertiary/aromatic N) is 1. The molecule has 0 saturated heterocycles. The molecule has 0 saturated carbocycles. The molecule has 68 valence electrons. The lowest BCUT2D eigenvalue weighted by molar-refractivity contribution is 0.501. The Morgan fingerprint density at radius 1 is 1.38 bits per heavy atom. The first-order chi connectivity index (χ1) is 6.16. The molecular weight excluding hydrogens is 169 g/mol. The first-order valence-corrected chi connectivity index (χ1v) is 4.23. The Morgan fingerprint density at radius 3 is 2.85 bits per heavy atom. The van der Waals surface area contributed by atoms with Gasteiger partial charge in [0.25, 0.3) is 0 Å². The summed E-state index contributed by atoms with van der Waals surface area (Å²) < 4.78 is 18.2. The predicted molar refractivity (Wildman–Crippen MR) is 48.1 cm³/mol. The Bertz CT molecular complexity index is 433. The van der Waals surface area contributed by atoms with Crippen LogP contribution in [0.3, 0.4) is 0 Å². The molecule has 1 heterocycles. The number of fused-ring (bicyclic) bond motifs is 1. The van der Waals surface area contributed by atoms with Gasteiger partial charge in [0.15, 0.2) is 11.5 Å². The van der Waals surface area contributed by atoms with Crippen molar-refractivity contribution < 1.29 is 8.81 Å². The van der Waals surface area contributed by atoms with Crippen LogP contribution >= 0.6 is 0 Å². The quantitative estimate of drug-likeness (QED) is 0.672. The Morgan fingerprint density at radius 2 is 2.15 bits per heavy atom. The van der Waals surface area contributed by atoms with E-state index < -0.39 is 0 Å². The molecule has 0 spiro atoms. The standard InChI is InChI=1S/C10H10FNO/c1-6(2)10-12-8-5-7(11)3-4-9(8)13-10/h3-6H,1-2H3. The summed E-state index contributed by atoms with van der Waals surface area (Å²) in [4.78, 5) is 4.17. The van der Waals surface area contributed by atoms with Crippen LogP contribution in [0.1, 0.15) is 25.7 Å². The molecule has 0 amide bonds. The second-order valence-electron chi connectivity index (χ2n) is 3.32. The maximum Gasteiger partial charge on any atom is 0.198 e. The van der Waals surface area contributed by atoms with Crippen LogP contribution in [0.15, 0.2) is 22.6 Å². The molecule has 0 atom stereocenters. The summed E-state index contributed by atoms with van der Waals surface area (Å²) in [5.41, 5.74) is 1.23. The number of aromatic nitrogens is 1. The first kappa shape index (κ1) is 8.23. The van der Waals surface area contributed by atoms with E-state index in [1.165, 1.54) is 12.1 Å². The molecule has 13 heavy (non-hydrogen) atoms. The maximum absolute atomic E-state index is 12.8. The summed E-state index contributed by atoms with van der Waals surface area (Å²) in [5.74, 6) is 0.604. The van der Waals surface area contributed by atoms with Crippen molar-refractivity contribution >= 4 is 11.1 Å². The topological polar surface area (TPSA) is 26.0 Å². The Balaban J connectivity index is 2.62. The van der Waals surface area contributed by atoms with E-state index in [0.29, 0.717) is 17.0 Å². The normalized spacial score (nSPS) is 11.4. The third kappa shape index (κ3) is 1.41. The van der Waals surface area contributed by atoms with Gasteiger partial charge in [0.1, 0.15) is 11.3 Å². The fraction of sp³-hybridized carbons (Fsp3) is 0.300. The smallest absolute Gasteiger partial charge is 0.198 e. The van der Waals surface area contributed by atoms with E-state index in [2.05, 4.69) is 4.98 Å². The lowest BCUT2D eigenvalue weighted by Gasteiger charge is -1.93. The Hall–Kier alpha value is -1.38. The zero-order valence-corrected chi connectivity index (χ0v) is 7.54. The number of hydrogen-bond acceptors (Lipinski definition) is 2. The van der Waals surface area contributed by atoms with Crippen molar-refractivity contribution in [1.29, 1.82) is 0 Å². The molecule has 0 radical (unpaired) electrons. The van der Waals surface area contributed by atoms with Gasteiger partial charge in [-0.15, -0.1) is 0 Å². The van der Waals surface area contributed by atoms with Crippen LogP contribution < -0.4 is 0 Å². The zero-order valence-electron chi connectivity index (χ0n) is 7.54. The SMILES string of the molecule is CC(C)c1nc2cc(F)ccc2o1. The summed E-state index contributed by atoms with van der Waals surface area (Å²) in [7, 11) is 0. The fourth-order valence-corrected chi connectivity index (χ4v) is 1.17. The van der Waals surface area contributed by atoms with Gasteiger partial charge in [-0.1, -0.05) is 13.8 Å². The zero-order chi connectivity index (χ0) is 9.42. The van der Waals surface area contributed by atoms with Crippen LogP contribution in [-0.2, 0) is 0 Å². The van der Waals surface area contributed by atoms with Crippen LogP contribution in [0.4, 0.5) is 4.39 Å². The van der Waals surface area contributed by atoms with Crippen molar-refractivity contribution in [3.05, 3.63) is 29.9 Å². The summed E-state index contributed by atoms with van der Waals surface area (Å²) >= 11 is 0. The van der Waals surface area contributed by atoms with Gasteiger partial charge >= 0.3 is 0 Å². The first-order valence-electron chi connectivity index (χ1n) is 4.23. The van der Waals surface area contributed by atoms with E-state index in [4.69, 9.17) is 4.42 Å². The van der Waals surface area contributed by atoms with E-state index in [9.17, 15) is 4.39 Å². The highest BCUT2D eigenvalue weighted by Crippen LogP contribution is 2.21. The molecule has 1 aromatic carbocycles. The highest BCUT2D eigenvalue weighted by molar-refractivity contribution is 5.72. The molecule has 3 heteroatoms.